The maximum atomic E-state index is 10.9. The molecule has 2 amide bonds. The molecule has 0 radical (unpaired) electrons. The molecule has 0 rings (SSSR count). The van der Waals surface area contributed by atoms with Gasteiger partial charge in [-0.1, -0.05) is 0 Å². The Morgan fingerprint density at radius 2 is 1.83 bits per heavy atom. The highest BCUT2D eigenvalue weighted by Gasteiger charge is 2.10. The number of nitrogens with two attached hydrogens (primary N) is 2. The molecule has 0 aromatic rings. The maximum absolute atomic E-state index is 10.9. The summed E-state index contributed by atoms with van der Waals surface area (Å²) >= 11 is 0. The van der Waals surface area contributed by atoms with E-state index in [0.717, 1.165) is 0 Å². The number of nitroso groups, excluding NO2 is 1. The van der Waals surface area contributed by atoms with Gasteiger partial charge >= 0.3 is 6.03 Å². The Bertz CT molecular complexity index is 145. The van der Waals surface area contributed by atoms with E-state index in [1.54, 1.807) is 5.43 Å². The van der Waals surface area contributed by atoms with Crippen LogP contribution in [0.3, 0.4) is 0 Å². The number of hydrogen-bond donors (Lipinski definition) is 3. The molecule has 0 fully saturated rings. The predicted octanol–water partition coefficient (Wildman–Crippen LogP) is -1.40. The molecule has 7 nitrogen and oxygen atoms in total. The zero-order valence-corrected chi connectivity index (χ0v) is 6.69. The van der Waals surface area contributed by atoms with Gasteiger partial charge in [-0.2, -0.15) is 5.43 Å². The number of nitrogens with zero attached hydrogens (tertiary/aromatic N) is 2. The highest BCUT2D eigenvalue weighted by atomic mass is 16.3. The van der Waals surface area contributed by atoms with Gasteiger partial charge < -0.3 is 16.4 Å². The lowest BCUT2D eigenvalue weighted by Gasteiger charge is -2.18. The first-order valence-electron chi connectivity index (χ1n) is 3.53. The van der Waals surface area contributed by atoms with Crippen molar-refractivity contribution < 1.29 is 4.79 Å². The molecule has 0 aliphatic rings. The van der Waals surface area contributed by atoms with Gasteiger partial charge in [0.1, 0.15) is 0 Å². The SMILES string of the molecule is NCCN(CCN)C(=O)NN=O. The summed E-state index contributed by atoms with van der Waals surface area (Å²) in [6.45, 7) is 1.37. The first kappa shape index (κ1) is 10.8. The zero-order valence-electron chi connectivity index (χ0n) is 6.69. The molecular weight excluding hydrogens is 162 g/mol. The van der Waals surface area contributed by atoms with E-state index in [0.29, 0.717) is 26.2 Å². The summed E-state index contributed by atoms with van der Waals surface area (Å²) in [5, 5.41) is 2.25. The average molecular weight is 175 g/mol. The molecule has 0 unspecified atom stereocenters. The van der Waals surface area contributed by atoms with Gasteiger partial charge in [-0.3, -0.25) is 0 Å². The van der Waals surface area contributed by atoms with Crippen LogP contribution >= 0.6 is 0 Å². The van der Waals surface area contributed by atoms with E-state index >= 15 is 0 Å². The van der Waals surface area contributed by atoms with Gasteiger partial charge in [0.25, 0.3) is 0 Å². The maximum Gasteiger partial charge on any atom is 0.340 e. The molecule has 0 aromatic carbocycles. The minimum absolute atomic E-state index is 0.326. The average Bonchev–Trinajstić information content (AvgIpc) is 2.04. The van der Waals surface area contributed by atoms with Crippen LogP contribution < -0.4 is 16.9 Å². The van der Waals surface area contributed by atoms with E-state index in [9.17, 15) is 9.70 Å². The Kier molecular flexibility index (Phi) is 5.84. The van der Waals surface area contributed by atoms with Crippen molar-refractivity contribution in [3.05, 3.63) is 4.91 Å². The first-order valence-corrected chi connectivity index (χ1v) is 3.53. The van der Waals surface area contributed by atoms with E-state index in [4.69, 9.17) is 11.5 Å². The second-order valence-electron chi connectivity index (χ2n) is 2.07. The summed E-state index contributed by atoms with van der Waals surface area (Å²) in [4.78, 5) is 21.9. The summed E-state index contributed by atoms with van der Waals surface area (Å²) in [7, 11) is 0. The number of carbonyl (C=O) groups excluding carboxylic acids is 1. The summed E-state index contributed by atoms with van der Waals surface area (Å²) in [6, 6.07) is -0.569. The summed E-state index contributed by atoms with van der Waals surface area (Å²) in [5.74, 6) is 0. The molecule has 0 aliphatic heterocycles. The Morgan fingerprint density at radius 1 is 1.33 bits per heavy atom. The lowest BCUT2D eigenvalue weighted by atomic mass is 10.5. The molecule has 12 heavy (non-hydrogen) atoms. The summed E-state index contributed by atoms with van der Waals surface area (Å²) in [5.41, 5.74) is 12.2. The number of amides is 2. The van der Waals surface area contributed by atoms with Crippen LogP contribution in [0.15, 0.2) is 5.29 Å². The second-order valence-corrected chi connectivity index (χ2v) is 2.07. The number of nitrogens with one attached hydrogen (secondary N) is 1. The molecule has 0 saturated heterocycles. The van der Waals surface area contributed by atoms with Crippen molar-refractivity contribution in [2.75, 3.05) is 26.2 Å². The quantitative estimate of drug-likeness (QED) is 0.352. The van der Waals surface area contributed by atoms with Crippen molar-refractivity contribution in [2.24, 2.45) is 16.8 Å². The first-order chi connectivity index (χ1) is 5.76. The van der Waals surface area contributed by atoms with Crippen LogP contribution in [0.5, 0.6) is 0 Å². The molecule has 0 bridgehead atoms. The fraction of sp³-hybridized carbons (Fsp3) is 0.800. The van der Waals surface area contributed by atoms with E-state index < -0.39 is 6.03 Å². The van der Waals surface area contributed by atoms with Gasteiger partial charge in [0, 0.05) is 26.2 Å². The van der Waals surface area contributed by atoms with Gasteiger partial charge in [-0.25, -0.2) is 4.79 Å². The van der Waals surface area contributed by atoms with Crippen molar-refractivity contribution >= 4 is 6.03 Å². The van der Waals surface area contributed by atoms with Gasteiger partial charge in [0.05, 0.1) is 5.29 Å². The van der Waals surface area contributed by atoms with Crippen molar-refractivity contribution in [1.82, 2.24) is 10.3 Å². The Hall–Kier alpha value is -1.21. The summed E-state index contributed by atoms with van der Waals surface area (Å²) in [6.07, 6.45) is 0. The lowest BCUT2D eigenvalue weighted by Crippen LogP contribution is -2.43. The molecule has 0 saturated carbocycles. The minimum atomic E-state index is -0.569. The Balaban J connectivity index is 3.89. The molecular formula is C5H13N5O2. The predicted molar refractivity (Wildman–Crippen MR) is 44.0 cm³/mol. The number of urea groups is 1. The molecule has 7 heteroatoms. The third kappa shape index (κ3) is 3.84. The third-order valence-electron chi connectivity index (χ3n) is 1.23. The number of hydrogen-bond acceptors (Lipinski definition) is 5. The Morgan fingerprint density at radius 3 is 2.17 bits per heavy atom. The monoisotopic (exact) mass is 175 g/mol. The highest BCUT2D eigenvalue weighted by molar-refractivity contribution is 5.73. The normalized spacial score (nSPS) is 9.17. The zero-order chi connectivity index (χ0) is 9.40. The van der Waals surface area contributed by atoms with Crippen molar-refractivity contribution in [3.63, 3.8) is 0 Å². The largest absolute Gasteiger partial charge is 0.340 e. The fourth-order valence-electron chi connectivity index (χ4n) is 0.736. The number of carbonyl (C=O) groups is 1. The topological polar surface area (TPSA) is 114 Å². The highest BCUT2D eigenvalue weighted by Crippen LogP contribution is 1.86. The van der Waals surface area contributed by atoms with E-state index in [-0.39, 0.29) is 0 Å². The van der Waals surface area contributed by atoms with Gasteiger partial charge in [0.15, 0.2) is 0 Å². The summed E-state index contributed by atoms with van der Waals surface area (Å²) < 4.78 is 0. The molecule has 0 aliphatic carbocycles. The molecule has 70 valence electrons. The van der Waals surface area contributed by atoms with Gasteiger partial charge in [-0.15, -0.1) is 4.91 Å². The standard InChI is InChI=1S/C5H13N5O2/c6-1-3-10(4-2-7)5(11)8-9-12/h1-4,6-7H2,(H,8,11,12). The van der Waals surface area contributed by atoms with Crippen LogP contribution in [-0.4, -0.2) is 37.1 Å². The van der Waals surface area contributed by atoms with Crippen LogP contribution in [0.2, 0.25) is 0 Å². The molecule has 5 N–H and O–H groups in total. The van der Waals surface area contributed by atoms with E-state index in [1.165, 1.54) is 4.90 Å². The lowest BCUT2D eigenvalue weighted by molar-refractivity contribution is 0.201. The smallest absolute Gasteiger partial charge is 0.329 e. The van der Waals surface area contributed by atoms with Crippen molar-refractivity contribution in [3.8, 4) is 0 Å². The van der Waals surface area contributed by atoms with Crippen LogP contribution in [0.25, 0.3) is 0 Å². The van der Waals surface area contributed by atoms with Crippen LogP contribution in [0.1, 0.15) is 0 Å². The fourth-order valence-corrected chi connectivity index (χ4v) is 0.736. The van der Waals surface area contributed by atoms with E-state index in [1.807, 2.05) is 0 Å². The molecule has 0 heterocycles. The van der Waals surface area contributed by atoms with Gasteiger partial charge in [-0.05, 0) is 0 Å². The minimum Gasteiger partial charge on any atom is -0.329 e. The number of rotatable bonds is 5. The van der Waals surface area contributed by atoms with Crippen molar-refractivity contribution in [2.45, 2.75) is 0 Å². The van der Waals surface area contributed by atoms with Crippen LogP contribution in [-0.2, 0) is 0 Å². The molecule has 0 spiro atoms. The van der Waals surface area contributed by atoms with Crippen molar-refractivity contribution in [1.29, 1.82) is 0 Å². The molecule has 0 atom stereocenters. The van der Waals surface area contributed by atoms with Crippen LogP contribution in [0, 0.1) is 4.91 Å². The van der Waals surface area contributed by atoms with Gasteiger partial charge in [0.2, 0.25) is 0 Å². The Labute approximate surface area is 70.0 Å². The molecule has 0 aromatic heterocycles. The third-order valence-corrected chi connectivity index (χ3v) is 1.23. The van der Waals surface area contributed by atoms with Crippen LogP contribution in [0.4, 0.5) is 4.79 Å². The van der Waals surface area contributed by atoms with E-state index in [2.05, 4.69) is 5.29 Å². The second kappa shape index (κ2) is 6.50.